The number of aromatic nitrogens is 1. The van der Waals surface area contributed by atoms with Crippen LogP contribution in [0.25, 0.3) is 11.0 Å². The van der Waals surface area contributed by atoms with Crippen molar-refractivity contribution in [3.05, 3.63) is 41.5 Å². The van der Waals surface area contributed by atoms with Crippen molar-refractivity contribution in [3.63, 3.8) is 0 Å². The summed E-state index contributed by atoms with van der Waals surface area (Å²) >= 11 is 1.41. The second-order valence-corrected chi connectivity index (χ2v) is 4.49. The van der Waals surface area contributed by atoms with Crippen LogP contribution in [0.2, 0.25) is 0 Å². The van der Waals surface area contributed by atoms with Crippen LogP contribution in [0.5, 0.6) is 0 Å². The monoisotopic (exact) mass is 258 g/mol. The fourth-order valence-corrected chi connectivity index (χ4v) is 2.17. The number of thiazole rings is 1. The van der Waals surface area contributed by atoms with Crippen molar-refractivity contribution in [2.45, 2.75) is 0 Å². The number of rotatable bonds is 3. The molecule has 0 aliphatic heterocycles. The van der Waals surface area contributed by atoms with Crippen LogP contribution < -0.4 is 11.2 Å². The molecule has 0 bridgehead atoms. The van der Waals surface area contributed by atoms with Gasteiger partial charge in [-0.1, -0.05) is 12.1 Å². The zero-order valence-electron chi connectivity index (χ0n) is 9.33. The summed E-state index contributed by atoms with van der Waals surface area (Å²) in [6.07, 6.45) is 3.40. The molecule has 2 heterocycles. The maximum atomic E-state index is 5.52. The molecular weight excluding hydrogens is 248 g/mol. The first-order valence-corrected chi connectivity index (χ1v) is 6.17. The highest BCUT2D eigenvalue weighted by atomic mass is 32.1. The van der Waals surface area contributed by atoms with Gasteiger partial charge in [0.25, 0.3) is 0 Å². The smallest absolute Gasteiger partial charge is 0.205 e. The third-order valence-corrected chi connectivity index (χ3v) is 3.18. The van der Waals surface area contributed by atoms with Crippen LogP contribution in [0.1, 0.15) is 5.56 Å². The molecule has 1 aromatic carbocycles. The van der Waals surface area contributed by atoms with Crippen molar-refractivity contribution in [3.8, 4) is 0 Å². The molecule has 0 aliphatic rings. The van der Waals surface area contributed by atoms with Gasteiger partial charge in [0.2, 0.25) is 5.13 Å². The Balaban J connectivity index is 1.81. The maximum absolute atomic E-state index is 5.52. The van der Waals surface area contributed by atoms with Gasteiger partial charge in [-0.3, -0.25) is 5.43 Å². The quantitative estimate of drug-likeness (QED) is 0.559. The molecule has 3 aromatic rings. The second kappa shape index (κ2) is 4.50. The summed E-state index contributed by atoms with van der Waals surface area (Å²) in [7, 11) is 0. The van der Waals surface area contributed by atoms with Gasteiger partial charge in [0.05, 0.1) is 12.5 Å². The normalized spacial score (nSPS) is 11.3. The molecule has 0 spiro atoms. The average molecular weight is 258 g/mol. The zero-order chi connectivity index (χ0) is 12.4. The SMILES string of the molecule is Nc1csc(NN=Cc2cccc3occc23)n1. The lowest BCUT2D eigenvalue weighted by molar-refractivity contribution is 0.616. The molecule has 0 radical (unpaired) electrons. The molecule has 0 unspecified atom stereocenters. The third kappa shape index (κ3) is 2.05. The Labute approximate surface area is 107 Å². The van der Waals surface area contributed by atoms with Crippen LogP contribution >= 0.6 is 11.3 Å². The highest BCUT2D eigenvalue weighted by Crippen LogP contribution is 2.19. The molecule has 0 atom stereocenters. The van der Waals surface area contributed by atoms with E-state index in [0.29, 0.717) is 10.9 Å². The number of fused-ring (bicyclic) bond motifs is 1. The van der Waals surface area contributed by atoms with Gasteiger partial charge >= 0.3 is 0 Å². The van der Waals surface area contributed by atoms with E-state index in [0.717, 1.165) is 16.5 Å². The van der Waals surface area contributed by atoms with E-state index >= 15 is 0 Å². The van der Waals surface area contributed by atoms with Crippen LogP contribution in [-0.4, -0.2) is 11.2 Å². The van der Waals surface area contributed by atoms with Crippen LogP contribution in [0.4, 0.5) is 10.9 Å². The molecule has 2 aromatic heterocycles. The lowest BCUT2D eigenvalue weighted by atomic mass is 10.1. The minimum Gasteiger partial charge on any atom is -0.464 e. The summed E-state index contributed by atoms with van der Waals surface area (Å²) in [6, 6.07) is 7.73. The third-order valence-electron chi connectivity index (χ3n) is 2.42. The fourth-order valence-electron chi connectivity index (χ4n) is 1.62. The van der Waals surface area contributed by atoms with E-state index in [1.54, 1.807) is 17.9 Å². The average Bonchev–Trinajstić information content (AvgIpc) is 2.98. The largest absolute Gasteiger partial charge is 0.464 e. The highest BCUT2D eigenvalue weighted by molar-refractivity contribution is 7.14. The van der Waals surface area contributed by atoms with E-state index in [1.807, 2.05) is 24.3 Å². The summed E-state index contributed by atoms with van der Waals surface area (Å²) < 4.78 is 5.32. The fraction of sp³-hybridized carbons (Fsp3) is 0. The Morgan fingerprint density at radius 3 is 3.17 bits per heavy atom. The summed E-state index contributed by atoms with van der Waals surface area (Å²) in [5.41, 5.74) is 10.2. The van der Waals surface area contributed by atoms with Gasteiger partial charge in [0.1, 0.15) is 11.4 Å². The Bertz CT molecular complexity index is 701. The van der Waals surface area contributed by atoms with Gasteiger partial charge in [0, 0.05) is 16.3 Å². The molecular formula is C12H10N4OS. The van der Waals surface area contributed by atoms with Gasteiger partial charge in [-0.05, 0) is 12.1 Å². The number of benzene rings is 1. The zero-order valence-corrected chi connectivity index (χ0v) is 10.1. The lowest BCUT2D eigenvalue weighted by Gasteiger charge is -1.95. The molecule has 3 rings (SSSR count). The lowest BCUT2D eigenvalue weighted by Crippen LogP contribution is -1.91. The van der Waals surface area contributed by atoms with Crippen molar-refractivity contribution in [1.29, 1.82) is 0 Å². The second-order valence-electron chi connectivity index (χ2n) is 3.63. The number of nitrogens with one attached hydrogen (secondary N) is 1. The van der Waals surface area contributed by atoms with E-state index in [2.05, 4.69) is 15.5 Å². The maximum Gasteiger partial charge on any atom is 0.205 e. The predicted molar refractivity (Wildman–Crippen MR) is 74.0 cm³/mol. The van der Waals surface area contributed by atoms with Crippen molar-refractivity contribution >= 4 is 39.5 Å². The van der Waals surface area contributed by atoms with Crippen molar-refractivity contribution < 1.29 is 4.42 Å². The molecule has 0 amide bonds. The van der Waals surface area contributed by atoms with Crippen molar-refractivity contribution in [1.82, 2.24) is 4.98 Å². The van der Waals surface area contributed by atoms with E-state index in [4.69, 9.17) is 10.2 Å². The minimum atomic E-state index is 0.495. The molecule has 5 nitrogen and oxygen atoms in total. The Kier molecular flexibility index (Phi) is 2.70. The molecule has 18 heavy (non-hydrogen) atoms. The molecule has 0 saturated heterocycles. The number of hydrogen-bond acceptors (Lipinski definition) is 6. The number of hydrogen-bond donors (Lipinski definition) is 2. The van der Waals surface area contributed by atoms with E-state index in [-0.39, 0.29) is 0 Å². The van der Waals surface area contributed by atoms with Crippen molar-refractivity contribution in [2.24, 2.45) is 5.10 Å². The van der Waals surface area contributed by atoms with Gasteiger partial charge in [-0.25, -0.2) is 4.98 Å². The van der Waals surface area contributed by atoms with Crippen LogP contribution in [0.3, 0.4) is 0 Å². The molecule has 90 valence electrons. The summed E-state index contributed by atoms with van der Waals surface area (Å²) in [5.74, 6) is 0.495. The van der Waals surface area contributed by atoms with Crippen LogP contribution in [0, 0.1) is 0 Å². The molecule has 3 N–H and O–H groups in total. The highest BCUT2D eigenvalue weighted by Gasteiger charge is 2.00. The number of nitrogens with zero attached hydrogens (tertiary/aromatic N) is 2. The first-order chi connectivity index (χ1) is 8.83. The number of nitrogen functional groups attached to an aromatic ring is 1. The van der Waals surface area contributed by atoms with Gasteiger partial charge in [0.15, 0.2) is 0 Å². The molecule has 6 heteroatoms. The predicted octanol–water partition coefficient (Wildman–Crippen LogP) is 2.92. The summed E-state index contributed by atoms with van der Waals surface area (Å²) in [5, 5.41) is 7.59. The first kappa shape index (κ1) is 10.8. The molecule has 0 saturated carbocycles. The summed E-state index contributed by atoms with van der Waals surface area (Å²) in [6.45, 7) is 0. The Morgan fingerprint density at radius 2 is 2.33 bits per heavy atom. The number of anilines is 2. The number of nitrogens with two attached hydrogens (primary N) is 1. The van der Waals surface area contributed by atoms with Crippen LogP contribution in [0.15, 0.2) is 45.4 Å². The van der Waals surface area contributed by atoms with E-state index in [1.165, 1.54) is 11.3 Å². The Morgan fingerprint density at radius 1 is 1.39 bits per heavy atom. The van der Waals surface area contributed by atoms with Gasteiger partial charge in [-0.2, -0.15) is 5.10 Å². The van der Waals surface area contributed by atoms with Crippen molar-refractivity contribution in [2.75, 3.05) is 11.2 Å². The standard InChI is InChI=1S/C12H10N4OS/c13-11-7-18-12(15-11)16-14-6-8-2-1-3-10-9(8)4-5-17-10/h1-7H,13H2,(H,15,16). The molecule has 0 aliphatic carbocycles. The number of furan rings is 1. The van der Waals surface area contributed by atoms with E-state index < -0.39 is 0 Å². The van der Waals surface area contributed by atoms with Crippen LogP contribution in [-0.2, 0) is 0 Å². The summed E-state index contributed by atoms with van der Waals surface area (Å²) in [4.78, 5) is 4.05. The Hall–Kier alpha value is -2.34. The van der Waals surface area contributed by atoms with Gasteiger partial charge < -0.3 is 10.2 Å². The minimum absolute atomic E-state index is 0.495. The number of hydrazone groups is 1. The van der Waals surface area contributed by atoms with Gasteiger partial charge in [-0.15, -0.1) is 11.3 Å². The topological polar surface area (TPSA) is 76.4 Å². The molecule has 0 fully saturated rings. The van der Waals surface area contributed by atoms with E-state index in [9.17, 15) is 0 Å². The first-order valence-electron chi connectivity index (χ1n) is 5.29.